The van der Waals surface area contributed by atoms with Crippen molar-refractivity contribution in [2.75, 3.05) is 17.2 Å². The van der Waals surface area contributed by atoms with Crippen LogP contribution >= 0.6 is 31.9 Å². The van der Waals surface area contributed by atoms with Gasteiger partial charge in [-0.25, -0.2) is 4.98 Å². The minimum absolute atomic E-state index is 0.199. The summed E-state index contributed by atoms with van der Waals surface area (Å²) in [5.41, 5.74) is 2.35. The van der Waals surface area contributed by atoms with Gasteiger partial charge in [-0.2, -0.15) is 0 Å². The number of aryl methyl sites for hydroxylation is 1. The summed E-state index contributed by atoms with van der Waals surface area (Å²) in [6.07, 6.45) is 1.66. The monoisotopic (exact) mass is 411 g/mol. The lowest BCUT2D eigenvalue weighted by Crippen LogP contribution is -2.16. The maximum Gasteiger partial charge on any atom is 0.259 e. The highest BCUT2D eigenvalue weighted by Gasteiger charge is 2.13. The van der Waals surface area contributed by atoms with Crippen molar-refractivity contribution in [3.63, 3.8) is 0 Å². The van der Waals surface area contributed by atoms with E-state index in [1.54, 1.807) is 12.3 Å². The summed E-state index contributed by atoms with van der Waals surface area (Å²) in [4.78, 5) is 16.7. The Morgan fingerprint density at radius 2 is 2.05 bits per heavy atom. The quantitative estimate of drug-likeness (QED) is 0.771. The molecule has 4 nitrogen and oxygen atoms in total. The lowest BCUT2D eigenvalue weighted by Gasteiger charge is -2.11. The first-order chi connectivity index (χ1) is 10.0. The number of carbonyl (C=O) groups excluding carboxylic acids is 1. The SMILES string of the molecule is CCNc1ncc(Br)cc1C(=O)Nc1ccc(C)c(Br)c1. The van der Waals surface area contributed by atoms with Gasteiger partial charge in [-0.15, -0.1) is 0 Å². The fourth-order valence-corrected chi connectivity index (χ4v) is 2.50. The Balaban J connectivity index is 2.27. The van der Waals surface area contributed by atoms with Crippen LogP contribution in [0, 0.1) is 6.92 Å². The first-order valence-electron chi connectivity index (χ1n) is 6.48. The summed E-state index contributed by atoms with van der Waals surface area (Å²) in [6, 6.07) is 7.45. The topological polar surface area (TPSA) is 54.0 Å². The fourth-order valence-electron chi connectivity index (χ4n) is 1.79. The van der Waals surface area contributed by atoms with Crippen molar-refractivity contribution in [2.45, 2.75) is 13.8 Å². The Bertz CT molecular complexity index is 674. The number of nitrogens with zero attached hydrogens (tertiary/aromatic N) is 1. The Hall–Kier alpha value is -1.40. The van der Waals surface area contributed by atoms with Gasteiger partial charge >= 0.3 is 0 Å². The van der Waals surface area contributed by atoms with Gasteiger partial charge in [0, 0.05) is 27.4 Å². The van der Waals surface area contributed by atoms with Gasteiger partial charge in [0.1, 0.15) is 5.82 Å². The maximum atomic E-state index is 12.4. The molecule has 0 aliphatic heterocycles. The van der Waals surface area contributed by atoms with Crippen molar-refractivity contribution in [2.24, 2.45) is 0 Å². The van der Waals surface area contributed by atoms with E-state index in [0.717, 1.165) is 20.2 Å². The molecule has 2 aromatic rings. The molecule has 2 N–H and O–H groups in total. The average Bonchev–Trinajstić information content (AvgIpc) is 2.45. The van der Waals surface area contributed by atoms with Gasteiger partial charge in [0.25, 0.3) is 5.91 Å². The summed E-state index contributed by atoms with van der Waals surface area (Å²) in [5, 5.41) is 5.97. The Kier molecular flexibility index (Phi) is 5.36. The molecule has 1 amide bonds. The van der Waals surface area contributed by atoms with E-state index in [0.29, 0.717) is 17.9 Å². The zero-order valence-electron chi connectivity index (χ0n) is 11.7. The number of benzene rings is 1. The first-order valence-corrected chi connectivity index (χ1v) is 8.06. The van der Waals surface area contributed by atoms with Crippen LogP contribution in [0.3, 0.4) is 0 Å². The van der Waals surface area contributed by atoms with E-state index in [2.05, 4.69) is 47.5 Å². The standard InChI is InChI=1S/C15H15Br2N3O/c1-3-18-14-12(6-10(16)8-19-14)15(21)20-11-5-4-9(2)13(17)7-11/h4-8H,3H2,1-2H3,(H,18,19)(H,20,21). The van der Waals surface area contributed by atoms with E-state index in [1.807, 2.05) is 32.0 Å². The molecule has 1 heterocycles. The van der Waals surface area contributed by atoms with Crippen LogP contribution in [0.5, 0.6) is 0 Å². The maximum absolute atomic E-state index is 12.4. The van der Waals surface area contributed by atoms with Crippen molar-refractivity contribution in [3.05, 3.63) is 50.5 Å². The van der Waals surface area contributed by atoms with Gasteiger partial charge in [-0.1, -0.05) is 22.0 Å². The zero-order chi connectivity index (χ0) is 15.4. The second-order valence-electron chi connectivity index (χ2n) is 4.50. The van der Waals surface area contributed by atoms with E-state index in [-0.39, 0.29) is 5.91 Å². The fraction of sp³-hybridized carbons (Fsp3) is 0.200. The number of anilines is 2. The van der Waals surface area contributed by atoms with Crippen molar-refractivity contribution in [1.29, 1.82) is 0 Å². The molecule has 0 radical (unpaired) electrons. The van der Waals surface area contributed by atoms with Crippen LogP contribution in [0.1, 0.15) is 22.8 Å². The Morgan fingerprint density at radius 1 is 1.29 bits per heavy atom. The third kappa shape index (κ3) is 4.04. The number of nitrogens with one attached hydrogen (secondary N) is 2. The molecule has 0 saturated heterocycles. The van der Waals surface area contributed by atoms with Crippen LogP contribution in [-0.2, 0) is 0 Å². The zero-order valence-corrected chi connectivity index (χ0v) is 14.9. The first kappa shape index (κ1) is 16.0. The molecule has 1 aromatic carbocycles. The number of hydrogen-bond donors (Lipinski definition) is 2. The van der Waals surface area contributed by atoms with Crippen LogP contribution in [0.4, 0.5) is 11.5 Å². The molecule has 0 atom stereocenters. The third-order valence-corrected chi connectivity index (χ3v) is 4.16. The van der Waals surface area contributed by atoms with Gasteiger partial charge in [-0.3, -0.25) is 4.79 Å². The second-order valence-corrected chi connectivity index (χ2v) is 6.27. The van der Waals surface area contributed by atoms with Crippen LogP contribution in [-0.4, -0.2) is 17.4 Å². The van der Waals surface area contributed by atoms with Gasteiger partial charge in [-0.05, 0) is 53.5 Å². The number of rotatable bonds is 4. The largest absolute Gasteiger partial charge is 0.370 e. The predicted molar refractivity (Wildman–Crippen MR) is 92.9 cm³/mol. The lowest BCUT2D eigenvalue weighted by molar-refractivity contribution is 0.102. The van der Waals surface area contributed by atoms with Crippen LogP contribution < -0.4 is 10.6 Å². The molecule has 0 fully saturated rings. The summed E-state index contributed by atoms with van der Waals surface area (Å²) in [6.45, 7) is 4.66. The highest BCUT2D eigenvalue weighted by atomic mass is 79.9. The smallest absolute Gasteiger partial charge is 0.259 e. The number of halogens is 2. The molecular weight excluding hydrogens is 398 g/mol. The Morgan fingerprint density at radius 3 is 2.71 bits per heavy atom. The third-order valence-electron chi connectivity index (χ3n) is 2.87. The summed E-state index contributed by atoms with van der Waals surface area (Å²) in [7, 11) is 0. The minimum Gasteiger partial charge on any atom is -0.370 e. The van der Waals surface area contributed by atoms with Gasteiger partial charge in [0.2, 0.25) is 0 Å². The van der Waals surface area contributed by atoms with E-state index < -0.39 is 0 Å². The van der Waals surface area contributed by atoms with Gasteiger partial charge in [0.15, 0.2) is 0 Å². The normalized spacial score (nSPS) is 10.3. The molecule has 0 aliphatic carbocycles. The molecule has 0 saturated carbocycles. The van der Waals surface area contributed by atoms with Crippen molar-refractivity contribution >= 4 is 49.3 Å². The Labute approximate surface area is 140 Å². The van der Waals surface area contributed by atoms with E-state index in [4.69, 9.17) is 0 Å². The highest BCUT2D eigenvalue weighted by Crippen LogP contribution is 2.23. The van der Waals surface area contributed by atoms with Crippen LogP contribution in [0.2, 0.25) is 0 Å². The predicted octanol–water partition coefficient (Wildman–Crippen LogP) is 4.60. The van der Waals surface area contributed by atoms with E-state index in [9.17, 15) is 4.79 Å². The summed E-state index contributed by atoms with van der Waals surface area (Å²) >= 11 is 6.80. The average molecular weight is 413 g/mol. The van der Waals surface area contributed by atoms with Crippen LogP contribution in [0.15, 0.2) is 39.4 Å². The number of carbonyl (C=O) groups is 1. The number of hydrogen-bond acceptors (Lipinski definition) is 3. The number of amides is 1. The van der Waals surface area contributed by atoms with Crippen molar-refractivity contribution in [1.82, 2.24) is 4.98 Å². The molecule has 1 aromatic heterocycles. The van der Waals surface area contributed by atoms with E-state index >= 15 is 0 Å². The molecule has 0 bridgehead atoms. The number of aromatic nitrogens is 1. The summed E-state index contributed by atoms with van der Waals surface area (Å²) < 4.78 is 1.72. The van der Waals surface area contributed by atoms with Crippen molar-refractivity contribution in [3.8, 4) is 0 Å². The highest BCUT2D eigenvalue weighted by molar-refractivity contribution is 9.10. The lowest BCUT2D eigenvalue weighted by atomic mass is 10.2. The molecule has 21 heavy (non-hydrogen) atoms. The van der Waals surface area contributed by atoms with Crippen molar-refractivity contribution < 1.29 is 4.79 Å². The molecule has 2 rings (SSSR count). The summed E-state index contributed by atoms with van der Waals surface area (Å²) in [5.74, 6) is 0.375. The number of pyridine rings is 1. The molecular formula is C15H15Br2N3O. The molecule has 110 valence electrons. The molecule has 6 heteroatoms. The molecule has 0 spiro atoms. The second kappa shape index (κ2) is 7.04. The van der Waals surface area contributed by atoms with Gasteiger partial charge < -0.3 is 10.6 Å². The van der Waals surface area contributed by atoms with Gasteiger partial charge in [0.05, 0.1) is 5.56 Å². The molecule has 0 aliphatic rings. The van der Waals surface area contributed by atoms with E-state index in [1.165, 1.54) is 0 Å². The molecule has 0 unspecified atom stereocenters. The minimum atomic E-state index is -0.199. The van der Waals surface area contributed by atoms with Crippen LogP contribution in [0.25, 0.3) is 0 Å².